The molecule has 1 heterocycles. The van der Waals surface area contributed by atoms with Gasteiger partial charge in [-0.3, -0.25) is 4.79 Å². The number of hydrogen-bond acceptors (Lipinski definition) is 4. The van der Waals surface area contributed by atoms with Crippen molar-refractivity contribution in [1.82, 2.24) is 14.8 Å². The predicted molar refractivity (Wildman–Crippen MR) is 74.9 cm³/mol. The molecule has 0 radical (unpaired) electrons. The fourth-order valence-corrected chi connectivity index (χ4v) is 2.64. The van der Waals surface area contributed by atoms with Crippen LogP contribution in [0.15, 0.2) is 35.7 Å². The van der Waals surface area contributed by atoms with Gasteiger partial charge in [0.2, 0.25) is 5.91 Å². The molecule has 5 nitrogen and oxygen atoms in total. The van der Waals surface area contributed by atoms with E-state index in [1.54, 1.807) is 24.2 Å². The second kappa shape index (κ2) is 5.88. The van der Waals surface area contributed by atoms with Gasteiger partial charge < -0.3 is 10.3 Å². The lowest BCUT2D eigenvalue weighted by Crippen LogP contribution is -2.10. The Morgan fingerprint density at radius 2 is 2.26 bits per heavy atom. The Morgan fingerprint density at radius 1 is 1.47 bits per heavy atom. The molecule has 0 saturated heterocycles. The average Bonchev–Trinajstić information content (AvgIpc) is 2.85. The maximum Gasteiger partial charge on any atom is 0.248 e. The van der Waals surface area contributed by atoms with E-state index in [1.165, 1.54) is 0 Å². The third-order valence-corrected chi connectivity index (χ3v) is 3.70. The molecule has 0 aliphatic carbocycles. The van der Waals surface area contributed by atoms with E-state index < -0.39 is 5.91 Å². The molecule has 0 aliphatic heterocycles. The van der Waals surface area contributed by atoms with Crippen molar-refractivity contribution in [3.63, 3.8) is 0 Å². The fourth-order valence-electron chi connectivity index (χ4n) is 1.65. The largest absolute Gasteiger partial charge is 0.366 e. The Morgan fingerprint density at radius 3 is 2.95 bits per heavy atom. The summed E-state index contributed by atoms with van der Waals surface area (Å²) >= 11 is 1.59. The van der Waals surface area contributed by atoms with E-state index in [4.69, 9.17) is 5.73 Å². The molecule has 0 spiro atoms. The van der Waals surface area contributed by atoms with Crippen LogP contribution in [0.25, 0.3) is 0 Å². The topological polar surface area (TPSA) is 73.8 Å². The van der Waals surface area contributed by atoms with Gasteiger partial charge >= 0.3 is 0 Å². The highest BCUT2D eigenvalue weighted by Crippen LogP contribution is 2.23. The third-order valence-electron chi connectivity index (χ3n) is 2.68. The van der Waals surface area contributed by atoms with Gasteiger partial charge in [-0.25, -0.2) is 0 Å². The summed E-state index contributed by atoms with van der Waals surface area (Å²) in [6.07, 6.45) is 1.73. The number of thioether (sulfide) groups is 1. The number of primary amides is 1. The van der Waals surface area contributed by atoms with Crippen LogP contribution >= 0.6 is 11.8 Å². The summed E-state index contributed by atoms with van der Waals surface area (Å²) in [5.41, 5.74) is 6.84. The lowest BCUT2D eigenvalue weighted by molar-refractivity contribution is 0.1000. The van der Waals surface area contributed by atoms with Crippen molar-refractivity contribution < 1.29 is 4.79 Å². The fraction of sp³-hybridized carbons (Fsp3) is 0.308. The van der Waals surface area contributed by atoms with E-state index in [-0.39, 0.29) is 0 Å². The van der Waals surface area contributed by atoms with E-state index in [0.717, 1.165) is 16.5 Å². The molecule has 0 saturated carbocycles. The molecule has 0 unspecified atom stereocenters. The first-order valence-corrected chi connectivity index (χ1v) is 6.97. The summed E-state index contributed by atoms with van der Waals surface area (Å²) in [4.78, 5) is 11.1. The zero-order valence-corrected chi connectivity index (χ0v) is 11.7. The molecular weight excluding hydrogens is 260 g/mol. The number of nitrogens with two attached hydrogens (primary N) is 1. The number of carbonyl (C=O) groups is 1. The van der Waals surface area contributed by atoms with Crippen LogP contribution < -0.4 is 5.73 Å². The minimum atomic E-state index is -0.405. The van der Waals surface area contributed by atoms with Crippen LogP contribution in [-0.2, 0) is 5.75 Å². The molecule has 6 heteroatoms. The van der Waals surface area contributed by atoms with E-state index >= 15 is 0 Å². The Kier molecular flexibility index (Phi) is 4.21. The smallest absolute Gasteiger partial charge is 0.248 e. The lowest BCUT2D eigenvalue weighted by Gasteiger charge is -2.09. The number of nitrogens with zero attached hydrogens (tertiary/aromatic N) is 3. The molecule has 2 rings (SSSR count). The molecule has 0 aliphatic rings. The zero-order chi connectivity index (χ0) is 13.8. The first-order chi connectivity index (χ1) is 9.08. The van der Waals surface area contributed by atoms with Crippen LogP contribution in [0, 0.1) is 0 Å². The van der Waals surface area contributed by atoms with E-state index in [9.17, 15) is 4.79 Å². The van der Waals surface area contributed by atoms with Crippen molar-refractivity contribution in [3.05, 3.63) is 41.7 Å². The average molecular weight is 276 g/mol. The van der Waals surface area contributed by atoms with Gasteiger partial charge in [0, 0.05) is 17.4 Å². The minimum absolute atomic E-state index is 0.328. The van der Waals surface area contributed by atoms with Gasteiger partial charge in [-0.05, 0) is 31.5 Å². The van der Waals surface area contributed by atoms with Crippen LogP contribution in [0.5, 0.6) is 0 Å². The van der Waals surface area contributed by atoms with Crippen molar-refractivity contribution in [1.29, 1.82) is 0 Å². The highest BCUT2D eigenvalue weighted by molar-refractivity contribution is 7.98. The van der Waals surface area contributed by atoms with Crippen molar-refractivity contribution in [2.75, 3.05) is 0 Å². The molecule has 2 aromatic rings. The normalized spacial score (nSPS) is 10.9. The van der Waals surface area contributed by atoms with Gasteiger partial charge in [0.25, 0.3) is 0 Å². The molecule has 100 valence electrons. The molecule has 1 aromatic heterocycles. The second-order valence-corrected chi connectivity index (χ2v) is 5.41. The van der Waals surface area contributed by atoms with Crippen molar-refractivity contribution >= 4 is 17.7 Å². The Hall–Kier alpha value is -1.82. The maximum atomic E-state index is 11.1. The monoisotopic (exact) mass is 276 g/mol. The molecule has 2 N–H and O–H groups in total. The van der Waals surface area contributed by atoms with E-state index in [1.807, 2.05) is 22.8 Å². The molecular formula is C13H16N4OS. The molecule has 1 aromatic carbocycles. The van der Waals surface area contributed by atoms with Crippen molar-refractivity contribution in [2.45, 2.75) is 30.8 Å². The van der Waals surface area contributed by atoms with Crippen LogP contribution in [0.1, 0.15) is 35.8 Å². The number of amides is 1. The van der Waals surface area contributed by atoms with Gasteiger partial charge in [0.1, 0.15) is 6.33 Å². The van der Waals surface area contributed by atoms with Gasteiger partial charge in [0.05, 0.1) is 0 Å². The number of benzene rings is 1. The molecule has 0 bridgehead atoms. The number of carbonyl (C=O) groups excluding carboxylic acids is 1. The highest BCUT2D eigenvalue weighted by atomic mass is 32.2. The molecule has 19 heavy (non-hydrogen) atoms. The summed E-state index contributed by atoms with van der Waals surface area (Å²) in [6.45, 7) is 4.17. The zero-order valence-electron chi connectivity index (χ0n) is 10.9. The van der Waals surface area contributed by atoms with Gasteiger partial charge in [-0.15, -0.1) is 10.2 Å². The van der Waals surface area contributed by atoms with Crippen LogP contribution in [0.2, 0.25) is 0 Å². The van der Waals surface area contributed by atoms with E-state index in [0.29, 0.717) is 11.6 Å². The highest BCUT2D eigenvalue weighted by Gasteiger charge is 2.08. The molecule has 0 atom stereocenters. The van der Waals surface area contributed by atoms with Crippen molar-refractivity contribution in [3.8, 4) is 0 Å². The first-order valence-electron chi connectivity index (χ1n) is 5.99. The number of hydrogen-bond donors (Lipinski definition) is 1. The summed E-state index contributed by atoms with van der Waals surface area (Å²) in [7, 11) is 0. The van der Waals surface area contributed by atoms with Crippen LogP contribution in [0.3, 0.4) is 0 Å². The van der Waals surface area contributed by atoms with Crippen LogP contribution in [0.4, 0.5) is 0 Å². The van der Waals surface area contributed by atoms with E-state index in [2.05, 4.69) is 24.0 Å². The first kappa shape index (κ1) is 13.6. The predicted octanol–water partition coefficient (Wildman–Crippen LogP) is 2.25. The number of aromatic nitrogens is 3. The summed E-state index contributed by atoms with van der Waals surface area (Å²) in [6, 6.07) is 7.66. The van der Waals surface area contributed by atoms with Gasteiger partial charge in [0.15, 0.2) is 5.16 Å². The Labute approximate surface area is 116 Å². The number of rotatable bonds is 5. The third kappa shape index (κ3) is 3.35. The summed E-state index contributed by atoms with van der Waals surface area (Å²) < 4.78 is 2.02. The molecule has 1 amide bonds. The molecule has 0 fully saturated rings. The quantitative estimate of drug-likeness (QED) is 0.850. The van der Waals surface area contributed by atoms with Crippen LogP contribution in [-0.4, -0.2) is 20.7 Å². The Balaban J connectivity index is 2.08. The summed E-state index contributed by atoms with van der Waals surface area (Å²) in [5.74, 6) is 0.323. The SMILES string of the molecule is CC(C)n1cnnc1SCc1cccc(C(N)=O)c1. The summed E-state index contributed by atoms with van der Waals surface area (Å²) in [5, 5.41) is 8.89. The Bertz CT molecular complexity index is 580. The van der Waals surface area contributed by atoms with Crippen molar-refractivity contribution in [2.24, 2.45) is 5.73 Å². The second-order valence-electron chi connectivity index (χ2n) is 4.47. The maximum absolute atomic E-state index is 11.1. The standard InChI is InChI=1S/C13H16N4OS/c1-9(2)17-8-15-16-13(17)19-7-10-4-3-5-11(6-10)12(14)18/h3-6,8-9H,7H2,1-2H3,(H2,14,18). The van der Waals surface area contributed by atoms with Gasteiger partial charge in [-0.2, -0.15) is 0 Å². The van der Waals surface area contributed by atoms with Gasteiger partial charge in [-0.1, -0.05) is 23.9 Å². The minimum Gasteiger partial charge on any atom is -0.366 e. The lowest BCUT2D eigenvalue weighted by atomic mass is 10.1.